The molecule has 1 aliphatic heterocycles. The number of carbonyl (C=O) groups excluding carboxylic acids is 1. The first-order valence-corrected chi connectivity index (χ1v) is 10.1. The van der Waals surface area contributed by atoms with Gasteiger partial charge in [-0.1, -0.05) is 24.6 Å². The van der Waals surface area contributed by atoms with Crippen molar-refractivity contribution in [1.82, 2.24) is 14.5 Å². The molecule has 1 aromatic heterocycles. The van der Waals surface area contributed by atoms with E-state index in [1.54, 1.807) is 0 Å². The number of nitrogens with one attached hydrogen (secondary N) is 1. The summed E-state index contributed by atoms with van der Waals surface area (Å²) >= 11 is 0. The fraction of sp³-hybridized carbons (Fsp3) is 0.545. The van der Waals surface area contributed by atoms with Crippen molar-refractivity contribution in [3.8, 4) is 0 Å². The van der Waals surface area contributed by atoms with E-state index in [9.17, 15) is 4.79 Å². The Morgan fingerprint density at radius 1 is 1.19 bits per heavy atom. The lowest BCUT2D eigenvalue weighted by molar-refractivity contribution is -0.117. The van der Waals surface area contributed by atoms with Crippen LogP contribution in [0.25, 0.3) is 0 Å². The molecule has 0 spiro atoms. The number of anilines is 1. The highest BCUT2D eigenvalue weighted by molar-refractivity contribution is 5.93. The smallest absolute Gasteiger partial charge is 0.238 e. The van der Waals surface area contributed by atoms with Gasteiger partial charge in [0.1, 0.15) is 5.82 Å². The van der Waals surface area contributed by atoms with Crippen molar-refractivity contribution in [3.05, 3.63) is 47.0 Å². The quantitative estimate of drug-likeness (QED) is 0.845. The molecule has 1 amide bonds. The first-order valence-electron chi connectivity index (χ1n) is 10.1. The maximum Gasteiger partial charge on any atom is 0.238 e. The third kappa shape index (κ3) is 4.98. The minimum atomic E-state index is 0.0892. The van der Waals surface area contributed by atoms with E-state index in [-0.39, 0.29) is 5.91 Å². The number of carbonyl (C=O) groups is 1. The molecule has 27 heavy (non-hydrogen) atoms. The van der Waals surface area contributed by atoms with Crippen molar-refractivity contribution >= 4 is 11.6 Å². The zero-order chi connectivity index (χ0) is 19.4. The van der Waals surface area contributed by atoms with Crippen LogP contribution < -0.4 is 5.32 Å². The van der Waals surface area contributed by atoms with Crippen molar-refractivity contribution in [2.24, 2.45) is 5.92 Å². The number of amides is 1. The highest BCUT2D eigenvalue weighted by Crippen LogP contribution is 2.23. The molecule has 146 valence electrons. The normalized spacial score (nSPS) is 15.9. The molecular weight excluding hydrogens is 336 g/mol. The Bertz CT molecular complexity index is 764. The largest absolute Gasteiger partial charge is 0.335 e. The zero-order valence-electron chi connectivity index (χ0n) is 17.1. The number of aryl methyl sites for hydroxylation is 4. The van der Waals surface area contributed by atoms with E-state index >= 15 is 0 Å². The van der Waals surface area contributed by atoms with Gasteiger partial charge in [0.2, 0.25) is 5.91 Å². The number of aromatic nitrogens is 2. The molecule has 5 nitrogen and oxygen atoms in total. The van der Waals surface area contributed by atoms with Crippen LogP contribution >= 0.6 is 0 Å². The number of rotatable bonds is 6. The van der Waals surface area contributed by atoms with Crippen LogP contribution in [0.5, 0.6) is 0 Å². The number of nitrogens with zero attached hydrogens (tertiary/aromatic N) is 3. The molecule has 0 saturated carbocycles. The van der Waals surface area contributed by atoms with Gasteiger partial charge in [0.05, 0.1) is 6.54 Å². The van der Waals surface area contributed by atoms with Gasteiger partial charge in [-0.05, 0) is 63.7 Å². The molecule has 0 aliphatic carbocycles. The van der Waals surface area contributed by atoms with Crippen molar-refractivity contribution in [2.45, 2.75) is 53.5 Å². The monoisotopic (exact) mass is 368 g/mol. The third-order valence-electron chi connectivity index (χ3n) is 5.59. The Morgan fingerprint density at radius 3 is 2.48 bits per heavy atom. The summed E-state index contributed by atoms with van der Waals surface area (Å²) in [6, 6.07) is 4.24. The maximum absolute atomic E-state index is 12.5. The summed E-state index contributed by atoms with van der Waals surface area (Å²) in [4.78, 5) is 19.2. The van der Waals surface area contributed by atoms with Crippen LogP contribution in [0.4, 0.5) is 5.69 Å². The summed E-state index contributed by atoms with van der Waals surface area (Å²) in [5, 5.41) is 3.12. The second-order valence-corrected chi connectivity index (χ2v) is 7.89. The second-order valence-electron chi connectivity index (χ2n) is 7.89. The lowest BCUT2D eigenvalue weighted by Gasteiger charge is -2.32. The van der Waals surface area contributed by atoms with Crippen molar-refractivity contribution in [2.75, 3.05) is 25.0 Å². The molecule has 1 aliphatic rings. The summed E-state index contributed by atoms with van der Waals surface area (Å²) in [7, 11) is 0. The molecule has 0 atom stereocenters. The summed E-state index contributed by atoms with van der Waals surface area (Å²) in [6.07, 6.45) is 7.23. The summed E-state index contributed by atoms with van der Waals surface area (Å²) in [5.74, 6) is 1.93. The van der Waals surface area contributed by atoms with Gasteiger partial charge in [-0.3, -0.25) is 9.69 Å². The predicted molar refractivity (Wildman–Crippen MR) is 110 cm³/mol. The Kier molecular flexibility index (Phi) is 6.32. The average Bonchev–Trinajstić information content (AvgIpc) is 3.07. The van der Waals surface area contributed by atoms with Crippen LogP contribution in [-0.4, -0.2) is 40.0 Å². The van der Waals surface area contributed by atoms with Crippen molar-refractivity contribution < 1.29 is 4.79 Å². The SMILES string of the molecule is CCc1nccn1CC1CCN(CC(=O)Nc2c(C)cc(C)cc2C)CC1. The molecule has 3 rings (SSSR count). The van der Waals surface area contributed by atoms with Gasteiger partial charge >= 0.3 is 0 Å². The van der Waals surface area contributed by atoms with E-state index in [0.717, 1.165) is 55.7 Å². The first kappa shape index (κ1) is 19.6. The highest BCUT2D eigenvalue weighted by Gasteiger charge is 2.22. The molecular formula is C22H32N4O. The standard InChI is InChI=1S/C22H32N4O/c1-5-20-23-8-11-26(20)14-19-6-9-25(10-7-19)15-21(27)24-22-17(3)12-16(2)13-18(22)4/h8,11-13,19H,5-7,9-10,14-15H2,1-4H3,(H,24,27). The average molecular weight is 369 g/mol. The Balaban J connectivity index is 1.48. The Hall–Kier alpha value is -2.14. The number of hydrogen-bond acceptors (Lipinski definition) is 3. The maximum atomic E-state index is 12.5. The molecule has 1 fully saturated rings. The molecule has 2 heterocycles. The number of piperidine rings is 1. The number of imidazole rings is 1. The minimum Gasteiger partial charge on any atom is -0.335 e. The second kappa shape index (κ2) is 8.70. The van der Waals surface area contributed by atoms with Crippen LogP contribution in [0.2, 0.25) is 0 Å². The van der Waals surface area contributed by atoms with Crippen LogP contribution in [0.15, 0.2) is 24.5 Å². The van der Waals surface area contributed by atoms with Crippen LogP contribution in [-0.2, 0) is 17.8 Å². The third-order valence-corrected chi connectivity index (χ3v) is 5.59. The molecule has 0 bridgehead atoms. The Morgan fingerprint density at radius 2 is 1.85 bits per heavy atom. The van der Waals surface area contributed by atoms with Crippen LogP contribution in [0, 0.1) is 26.7 Å². The minimum absolute atomic E-state index is 0.0892. The van der Waals surface area contributed by atoms with E-state index in [1.165, 1.54) is 11.4 Å². The van der Waals surface area contributed by atoms with Crippen LogP contribution in [0.3, 0.4) is 0 Å². The van der Waals surface area contributed by atoms with E-state index in [0.29, 0.717) is 12.5 Å². The summed E-state index contributed by atoms with van der Waals surface area (Å²) in [5.41, 5.74) is 4.46. The van der Waals surface area contributed by atoms with Gasteiger partial charge in [-0.15, -0.1) is 0 Å². The molecule has 1 N–H and O–H groups in total. The number of benzene rings is 1. The molecule has 0 radical (unpaired) electrons. The Labute approximate surface area is 162 Å². The molecule has 1 aromatic carbocycles. The number of hydrogen-bond donors (Lipinski definition) is 1. The topological polar surface area (TPSA) is 50.2 Å². The van der Waals surface area contributed by atoms with E-state index in [1.807, 2.05) is 6.20 Å². The van der Waals surface area contributed by atoms with Crippen molar-refractivity contribution in [1.29, 1.82) is 0 Å². The van der Waals surface area contributed by atoms with E-state index in [4.69, 9.17) is 0 Å². The van der Waals surface area contributed by atoms with Crippen molar-refractivity contribution in [3.63, 3.8) is 0 Å². The van der Waals surface area contributed by atoms with Gasteiger partial charge in [0, 0.05) is 31.0 Å². The summed E-state index contributed by atoms with van der Waals surface area (Å²) < 4.78 is 2.29. The lowest BCUT2D eigenvalue weighted by Crippen LogP contribution is -2.40. The van der Waals surface area contributed by atoms with E-state index < -0.39 is 0 Å². The fourth-order valence-electron chi connectivity index (χ4n) is 4.19. The lowest BCUT2D eigenvalue weighted by atomic mass is 9.96. The van der Waals surface area contributed by atoms with Gasteiger partial charge < -0.3 is 9.88 Å². The number of likely N-dealkylation sites (tertiary alicyclic amines) is 1. The molecule has 5 heteroatoms. The molecule has 0 unspecified atom stereocenters. The summed E-state index contributed by atoms with van der Waals surface area (Å²) in [6.45, 7) is 11.8. The highest BCUT2D eigenvalue weighted by atomic mass is 16.2. The van der Waals surface area contributed by atoms with Gasteiger partial charge in [-0.25, -0.2) is 4.98 Å². The van der Waals surface area contributed by atoms with Gasteiger partial charge in [0.15, 0.2) is 0 Å². The van der Waals surface area contributed by atoms with Gasteiger partial charge in [0.25, 0.3) is 0 Å². The predicted octanol–water partition coefficient (Wildman–Crippen LogP) is 3.72. The van der Waals surface area contributed by atoms with Gasteiger partial charge in [-0.2, -0.15) is 0 Å². The zero-order valence-corrected chi connectivity index (χ0v) is 17.1. The first-order chi connectivity index (χ1) is 13.0. The fourth-order valence-corrected chi connectivity index (χ4v) is 4.19. The van der Waals surface area contributed by atoms with Crippen LogP contribution in [0.1, 0.15) is 42.3 Å². The molecule has 1 saturated heterocycles. The molecule has 2 aromatic rings. The van der Waals surface area contributed by atoms with E-state index in [2.05, 4.69) is 65.8 Å².